The Morgan fingerprint density at radius 1 is 1.12 bits per heavy atom. The van der Waals surface area contributed by atoms with Crippen molar-refractivity contribution in [2.75, 3.05) is 0 Å². The number of benzene rings is 2. The first kappa shape index (κ1) is 17.8. The van der Waals surface area contributed by atoms with E-state index in [1.165, 1.54) is 0 Å². The number of carbonyl (C=O) groups excluding carboxylic acids is 1. The molecule has 0 bridgehead atoms. The maximum Gasteiger partial charge on any atom is 0.289 e. The highest BCUT2D eigenvalue weighted by atomic mass is 79.9. The molecule has 0 atom stereocenters. The van der Waals surface area contributed by atoms with E-state index in [4.69, 9.17) is 4.74 Å². The summed E-state index contributed by atoms with van der Waals surface area (Å²) < 4.78 is 6.62. The van der Waals surface area contributed by atoms with Crippen LogP contribution in [0.3, 0.4) is 0 Å². The molecule has 1 N–H and O–H groups in total. The molecule has 26 heavy (non-hydrogen) atoms. The summed E-state index contributed by atoms with van der Waals surface area (Å²) in [4.78, 5) is 15.8. The van der Waals surface area contributed by atoms with Crippen molar-refractivity contribution < 1.29 is 9.53 Å². The van der Waals surface area contributed by atoms with Crippen LogP contribution in [0.4, 0.5) is 0 Å². The van der Waals surface area contributed by atoms with E-state index >= 15 is 0 Å². The largest absolute Gasteiger partial charge is 0.488 e. The lowest BCUT2D eigenvalue weighted by atomic mass is 10.2. The Balaban J connectivity index is 1.58. The molecule has 130 valence electrons. The summed E-state index contributed by atoms with van der Waals surface area (Å²) in [6.45, 7) is 0.493. The fourth-order valence-electron chi connectivity index (χ4n) is 2.17. The molecule has 0 radical (unpaired) electrons. The molecule has 0 aliphatic rings. The summed E-state index contributed by atoms with van der Waals surface area (Å²) in [5.74, 6) is 0.382. The molecule has 3 rings (SSSR count). The van der Waals surface area contributed by atoms with Crippen LogP contribution in [-0.4, -0.2) is 17.1 Å². The van der Waals surface area contributed by atoms with Crippen LogP contribution in [0, 0.1) is 0 Å². The van der Waals surface area contributed by atoms with Gasteiger partial charge in [0.15, 0.2) is 0 Å². The zero-order valence-corrected chi connectivity index (χ0v) is 15.4. The van der Waals surface area contributed by atoms with Crippen molar-refractivity contribution in [2.45, 2.75) is 6.61 Å². The summed E-state index contributed by atoms with van der Waals surface area (Å²) in [5.41, 5.74) is 4.69. The van der Waals surface area contributed by atoms with Crippen LogP contribution in [-0.2, 0) is 6.61 Å². The fraction of sp³-hybridized carbons (Fsp3) is 0.0500. The number of nitrogens with zero attached hydrogens (tertiary/aromatic N) is 2. The van der Waals surface area contributed by atoms with Crippen molar-refractivity contribution in [1.82, 2.24) is 10.4 Å². The van der Waals surface area contributed by atoms with E-state index in [-0.39, 0.29) is 5.91 Å². The Bertz CT molecular complexity index is 899. The van der Waals surface area contributed by atoms with Gasteiger partial charge in [-0.1, -0.05) is 36.4 Å². The molecule has 0 fully saturated rings. The van der Waals surface area contributed by atoms with Crippen molar-refractivity contribution in [3.05, 3.63) is 94.2 Å². The van der Waals surface area contributed by atoms with Crippen molar-refractivity contribution in [3.63, 3.8) is 0 Å². The van der Waals surface area contributed by atoms with Gasteiger partial charge in [0.05, 0.1) is 10.7 Å². The number of ether oxygens (including phenoxy) is 1. The molecule has 1 aromatic heterocycles. The summed E-state index contributed by atoms with van der Waals surface area (Å²) >= 11 is 3.49. The van der Waals surface area contributed by atoms with Gasteiger partial charge in [-0.25, -0.2) is 5.43 Å². The second-order valence-electron chi connectivity index (χ2n) is 5.38. The summed E-state index contributed by atoms with van der Waals surface area (Å²) in [7, 11) is 0. The van der Waals surface area contributed by atoms with E-state index < -0.39 is 0 Å². The van der Waals surface area contributed by atoms with E-state index in [9.17, 15) is 4.79 Å². The molecular formula is C20H16BrN3O2. The molecule has 0 unspecified atom stereocenters. The number of hydrogen-bond acceptors (Lipinski definition) is 4. The van der Waals surface area contributed by atoms with Crippen LogP contribution in [0.2, 0.25) is 0 Å². The summed E-state index contributed by atoms with van der Waals surface area (Å²) in [5, 5.41) is 3.96. The molecule has 0 aliphatic heterocycles. The van der Waals surface area contributed by atoms with Crippen LogP contribution >= 0.6 is 15.9 Å². The standard InChI is InChI=1S/C20H16BrN3O2/c21-17-12-16(13-23-24-20(25)18-8-4-5-11-22-18)9-10-19(17)26-14-15-6-2-1-3-7-15/h1-13H,14H2,(H,24,25)/b23-13+. The maximum atomic E-state index is 11.9. The number of hydrazone groups is 1. The summed E-state index contributed by atoms with van der Waals surface area (Å²) in [6.07, 6.45) is 3.12. The molecule has 1 heterocycles. The third-order valence-corrected chi connectivity index (χ3v) is 4.09. The molecule has 5 nitrogen and oxygen atoms in total. The number of carbonyl (C=O) groups is 1. The van der Waals surface area contributed by atoms with Crippen molar-refractivity contribution in [1.29, 1.82) is 0 Å². The Morgan fingerprint density at radius 2 is 1.92 bits per heavy atom. The number of hydrogen-bond donors (Lipinski definition) is 1. The van der Waals surface area contributed by atoms with Crippen LogP contribution in [0.25, 0.3) is 0 Å². The highest BCUT2D eigenvalue weighted by Gasteiger charge is 2.05. The van der Waals surface area contributed by atoms with E-state index in [0.717, 1.165) is 21.3 Å². The zero-order chi connectivity index (χ0) is 18.2. The zero-order valence-electron chi connectivity index (χ0n) is 13.8. The Hall–Kier alpha value is -2.99. The second kappa shape index (κ2) is 8.92. The van der Waals surface area contributed by atoms with Gasteiger partial charge in [-0.05, 0) is 57.4 Å². The van der Waals surface area contributed by atoms with Crippen molar-refractivity contribution in [2.24, 2.45) is 5.10 Å². The smallest absolute Gasteiger partial charge is 0.289 e. The SMILES string of the molecule is O=C(N/N=C/c1ccc(OCc2ccccc2)c(Br)c1)c1ccccn1. The topological polar surface area (TPSA) is 63.6 Å². The average Bonchev–Trinajstić information content (AvgIpc) is 2.69. The van der Waals surface area contributed by atoms with E-state index in [1.54, 1.807) is 30.6 Å². The van der Waals surface area contributed by atoms with E-state index in [1.807, 2.05) is 48.5 Å². The second-order valence-corrected chi connectivity index (χ2v) is 6.23. The number of halogens is 1. The maximum absolute atomic E-state index is 11.9. The van der Waals surface area contributed by atoms with Crippen LogP contribution in [0.15, 0.2) is 82.5 Å². The quantitative estimate of drug-likeness (QED) is 0.490. The first-order valence-corrected chi connectivity index (χ1v) is 8.72. The van der Waals surface area contributed by atoms with Crippen molar-refractivity contribution in [3.8, 4) is 5.75 Å². The minimum absolute atomic E-state index is 0.315. The predicted molar refractivity (Wildman–Crippen MR) is 104 cm³/mol. The number of nitrogens with one attached hydrogen (secondary N) is 1. The lowest BCUT2D eigenvalue weighted by molar-refractivity contribution is 0.0950. The lowest BCUT2D eigenvalue weighted by Gasteiger charge is -2.08. The van der Waals surface area contributed by atoms with E-state index in [2.05, 4.69) is 31.4 Å². The monoisotopic (exact) mass is 409 g/mol. The molecule has 2 aromatic carbocycles. The third-order valence-electron chi connectivity index (χ3n) is 3.47. The number of rotatable bonds is 6. The molecule has 1 amide bonds. The molecule has 3 aromatic rings. The molecule has 6 heteroatoms. The predicted octanol–water partition coefficient (Wildman–Crippen LogP) is 4.19. The fourth-order valence-corrected chi connectivity index (χ4v) is 2.68. The van der Waals surface area contributed by atoms with Gasteiger partial charge in [0.1, 0.15) is 18.1 Å². The lowest BCUT2D eigenvalue weighted by Crippen LogP contribution is -2.18. The first-order valence-electron chi connectivity index (χ1n) is 7.93. The third kappa shape index (κ3) is 5.00. The van der Waals surface area contributed by atoms with Gasteiger partial charge >= 0.3 is 0 Å². The van der Waals surface area contributed by atoms with Gasteiger partial charge in [0, 0.05) is 6.20 Å². The number of amides is 1. The Labute approximate surface area is 159 Å². The average molecular weight is 410 g/mol. The molecule has 0 spiro atoms. The number of aromatic nitrogens is 1. The van der Waals surface area contributed by atoms with Gasteiger partial charge in [-0.2, -0.15) is 5.10 Å². The highest BCUT2D eigenvalue weighted by Crippen LogP contribution is 2.26. The van der Waals surface area contributed by atoms with Crippen molar-refractivity contribution >= 4 is 28.1 Å². The molecule has 0 saturated carbocycles. The molecule has 0 saturated heterocycles. The van der Waals surface area contributed by atoms with Gasteiger partial charge in [0.25, 0.3) is 5.91 Å². The minimum Gasteiger partial charge on any atom is -0.488 e. The summed E-state index contributed by atoms with van der Waals surface area (Å²) in [6, 6.07) is 20.7. The van der Waals surface area contributed by atoms with Crippen LogP contribution in [0.5, 0.6) is 5.75 Å². The van der Waals surface area contributed by atoms with E-state index in [0.29, 0.717) is 12.3 Å². The molecule has 0 aliphatic carbocycles. The highest BCUT2D eigenvalue weighted by molar-refractivity contribution is 9.10. The van der Waals surface area contributed by atoms with Gasteiger partial charge < -0.3 is 4.74 Å². The first-order chi connectivity index (χ1) is 12.7. The Morgan fingerprint density at radius 3 is 2.65 bits per heavy atom. The minimum atomic E-state index is -0.358. The molecular weight excluding hydrogens is 394 g/mol. The normalized spacial score (nSPS) is 10.7. The Kier molecular flexibility index (Phi) is 6.11. The van der Waals surface area contributed by atoms with Crippen LogP contribution in [0.1, 0.15) is 21.6 Å². The van der Waals surface area contributed by atoms with Gasteiger partial charge in [0.2, 0.25) is 0 Å². The van der Waals surface area contributed by atoms with Gasteiger partial charge in [-0.15, -0.1) is 0 Å². The van der Waals surface area contributed by atoms with Crippen LogP contribution < -0.4 is 10.2 Å². The van der Waals surface area contributed by atoms with Gasteiger partial charge in [-0.3, -0.25) is 9.78 Å². The number of pyridine rings is 1.